The van der Waals surface area contributed by atoms with Crippen LogP contribution in [0.4, 0.5) is 16.2 Å². The van der Waals surface area contributed by atoms with Crippen LogP contribution < -0.4 is 5.32 Å². The first-order valence-corrected chi connectivity index (χ1v) is 7.05. The van der Waals surface area contributed by atoms with Gasteiger partial charge in [0.05, 0.1) is 4.92 Å². The number of rotatable bonds is 5. The summed E-state index contributed by atoms with van der Waals surface area (Å²) in [5.74, 6) is 0. The molecule has 1 aromatic carbocycles. The minimum atomic E-state index is -0.475. The highest BCUT2D eigenvalue weighted by atomic mass is 16.6. The van der Waals surface area contributed by atoms with Crippen molar-refractivity contribution in [1.82, 2.24) is 4.90 Å². The van der Waals surface area contributed by atoms with Gasteiger partial charge in [0.1, 0.15) is 0 Å². The van der Waals surface area contributed by atoms with E-state index in [1.54, 1.807) is 4.90 Å². The second kappa shape index (κ2) is 7.03. The number of carbonyl (C=O) groups excluding carboxylic acids is 1. The summed E-state index contributed by atoms with van der Waals surface area (Å²) in [6.07, 6.45) is 3.40. The summed E-state index contributed by atoms with van der Waals surface area (Å²) in [6, 6.07) is 5.74. The summed E-state index contributed by atoms with van der Waals surface area (Å²) >= 11 is 0. The van der Waals surface area contributed by atoms with E-state index in [2.05, 4.69) is 5.32 Å². The summed E-state index contributed by atoms with van der Waals surface area (Å²) in [7, 11) is 0. The Kier molecular flexibility index (Phi) is 5.10. The number of aliphatic hydroxyl groups excluding tert-OH is 1. The molecule has 7 heteroatoms. The van der Waals surface area contributed by atoms with Crippen LogP contribution in [0.15, 0.2) is 24.3 Å². The quantitative estimate of drug-likeness (QED) is 0.643. The lowest BCUT2D eigenvalue weighted by molar-refractivity contribution is -0.384. The number of hydrogen-bond donors (Lipinski definition) is 2. The highest BCUT2D eigenvalue weighted by Crippen LogP contribution is 2.23. The van der Waals surface area contributed by atoms with E-state index >= 15 is 0 Å². The van der Waals surface area contributed by atoms with Crippen molar-refractivity contribution in [1.29, 1.82) is 0 Å². The van der Waals surface area contributed by atoms with E-state index in [4.69, 9.17) is 5.11 Å². The third-order valence-electron chi connectivity index (χ3n) is 3.66. The van der Waals surface area contributed by atoms with E-state index < -0.39 is 4.92 Å². The lowest BCUT2D eigenvalue weighted by Gasteiger charge is -2.24. The minimum absolute atomic E-state index is 0.00464. The molecular formula is C14H19N3O4. The number of amides is 2. The van der Waals surface area contributed by atoms with Crippen LogP contribution in [0.1, 0.15) is 25.7 Å². The molecular weight excluding hydrogens is 274 g/mol. The van der Waals surface area contributed by atoms with Crippen molar-refractivity contribution in [3.63, 3.8) is 0 Å². The molecule has 1 atom stereocenters. The molecule has 1 fully saturated rings. The lowest BCUT2D eigenvalue weighted by atomic mass is 10.1. The standard InChI is InChI=1S/C14H19N3O4/c18-10-2-4-12-3-1-9-16(12)14(19)15-11-5-7-13(8-6-11)17(20)21/h5-8,12,18H,1-4,9-10H2,(H,15,19). The summed E-state index contributed by atoms with van der Waals surface area (Å²) < 4.78 is 0. The first kappa shape index (κ1) is 15.2. The number of carbonyl (C=O) groups is 1. The predicted molar refractivity (Wildman–Crippen MR) is 78.2 cm³/mol. The monoisotopic (exact) mass is 293 g/mol. The maximum Gasteiger partial charge on any atom is 0.322 e. The van der Waals surface area contributed by atoms with Crippen molar-refractivity contribution >= 4 is 17.4 Å². The molecule has 0 bridgehead atoms. The van der Waals surface area contributed by atoms with E-state index in [9.17, 15) is 14.9 Å². The van der Waals surface area contributed by atoms with E-state index in [1.807, 2.05) is 0 Å². The fourth-order valence-corrected chi connectivity index (χ4v) is 2.59. The summed E-state index contributed by atoms with van der Waals surface area (Å²) in [5.41, 5.74) is 0.536. The zero-order valence-corrected chi connectivity index (χ0v) is 11.7. The van der Waals surface area contributed by atoms with Gasteiger partial charge in [-0.2, -0.15) is 0 Å². The predicted octanol–water partition coefficient (Wildman–Crippen LogP) is 2.36. The number of non-ortho nitro benzene ring substituents is 1. The van der Waals surface area contributed by atoms with Gasteiger partial charge < -0.3 is 15.3 Å². The van der Waals surface area contributed by atoms with Crippen molar-refractivity contribution in [2.45, 2.75) is 31.7 Å². The van der Waals surface area contributed by atoms with Gasteiger partial charge in [0.25, 0.3) is 5.69 Å². The molecule has 1 heterocycles. The van der Waals surface area contributed by atoms with Gasteiger partial charge in [-0.25, -0.2) is 4.79 Å². The topological polar surface area (TPSA) is 95.7 Å². The van der Waals surface area contributed by atoms with Crippen LogP contribution in [0, 0.1) is 10.1 Å². The zero-order valence-electron chi connectivity index (χ0n) is 11.7. The lowest BCUT2D eigenvalue weighted by Crippen LogP contribution is -2.38. The number of nitro groups is 1. The van der Waals surface area contributed by atoms with Crippen LogP contribution in [0.3, 0.4) is 0 Å². The Labute approximate surface area is 122 Å². The fraction of sp³-hybridized carbons (Fsp3) is 0.500. The Morgan fingerprint density at radius 2 is 2.14 bits per heavy atom. The van der Waals surface area contributed by atoms with Crippen LogP contribution in [-0.4, -0.2) is 40.2 Å². The fourth-order valence-electron chi connectivity index (χ4n) is 2.59. The number of aliphatic hydroxyl groups is 1. The molecule has 7 nitrogen and oxygen atoms in total. The normalized spacial score (nSPS) is 17.8. The molecule has 2 rings (SSSR count). The van der Waals surface area contributed by atoms with Gasteiger partial charge in [-0.3, -0.25) is 10.1 Å². The molecule has 1 aliphatic heterocycles. The summed E-state index contributed by atoms with van der Waals surface area (Å²) in [5, 5.41) is 22.2. The first-order valence-electron chi connectivity index (χ1n) is 7.05. The van der Waals surface area contributed by atoms with Crippen LogP contribution in [0.5, 0.6) is 0 Å². The molecule has 1 aliphatic rings. The van der Waals surface area contributed by atoms with Gasteiger partial charge in [0.2, 0.25) is 0 Å². The zero-order chi connectivity index (χ0) is 15.2. The van der Waals surface area contributed by atoms with E-state index in [0.717, 1.165) is 19.3 Å². The smallest absolute Gasteiger partial charge is 0.322 e. The number of nitrogens with one attached hydrogen (secondary N) is 1. The van der Waals surface area contributed by atoms with Crippen LogP contribution >= 0.6 is 0 Å². The van der Waals surface area contributed by atoms with Crippen molar-refractivity contribution in [3.05, 3.63) is 34.4 Å². The SMILES string of the molecule is O=C(Nc1ccc([N+](=O)[O-])cc1)N1CCCC1CCCO. The second-order valence-corrected chi connectivity index (χ2v) is 5.09. The van der Waals surface area contributed by atoms with Crippen LogP contribution in [0.2, 0.25) is 0 Å². The third-order valence-corrected chi connectivity index (χ3v) is 3.66. The van der Waals surface area contributed by atoms with Crippen molar-refractivity contribution < 1.29 is 14.8 Å². The Bertz CT molecular complexity index is 503. The van der Waals surface area contributed by atoms with Gasteiger partial charge in [0.15, 0.2) is 0 Å². The van der Waals surface area contributed by atoms with Gasteiger partial charge >= 0.3 is 6.03 Å². The van der Waals surface area contributed by atoms with E-state index in [1.165, 1.54) is 24.3 Å². The third kappa shape index (κ3) is 3.91. The highest BCUT2D eigenvalue weighted by molar-refractivity contribution is 5.89. The van der Waals surface area contributed by atoms with E-state index in [0.29, 0.717) is 18.7 Å². The number of benzene rings is 1. The van der Waals surface area contributed by atoms with Crippen molar-refractivity contribution in [2.24, 2.45) is 0 Å². The largest absolute Gasteiger partial charge is 0.396 e. The number of likely N-dealkylation sites (tertiary alicyclic amines) is 1. The Balaban J connectivity index is 1.95. The number of nitro benzene ring substituents is 1. The Hall–Kier alpha value is -2.15. The molecule has 0 saturated carbocycles. The van der Waals surface area contributed by atoms with Crippen LogP contribution in [0.25, 0.3) is 0 Å². The molecule has 21 heavy (non-hydrogen) atoms. The van der Waals surface area contributed by atoms with Crippen LogP contribution in [-0.2, 0) is 0 Å². The Morgan fingerprint density at radius 3 is 2.76 bits per heavy atom. The molecule has 2 N–H and O–H groups in total. The van der Waals surface area contributed by atoms with E-state index in [-0.39, 0.29) is 24.4 Å². The van der Waals surface area contributed by atoms with Crippen molar-refractivity contribution in [2.75, 3.05) is 18.5 Å². The first-order chi connectivity index (χ1) is 10.1. The molecule has 0 radical (unpaired) electrons. The molecule has 0 aliphatic carbocycles. The highest BCUT2D eigenvalue weighted by Gasteiger charge is 2.28. The van der Waals surface area contributed by atoms with Gasteiger partial charge in [-0.1, -0.05) is 0 Å². The molecule has 114 valence electrons. The number of urea groups is 1. The molecule has 2 amide bonds. The van der Waals surface area contributed by atoms with Gasteiger partial charge in [0, 0.05) is 37.0 Å². The second-order valence-electron chi connectivity index (χ2n) is 5.09. The van der Waals surface area contributed by atoms with Gasteiger partial charge in [-0.05, 0) is 37.8 Å². The summed E-state index contributed by atoms with van der Waals surface area (Å²) in [6.45, 7) is 0.837. The maximum absolute atomic E-state index is 12.2. The Morgan fingerprint density at radius 1 is 1.43 bits per heavy atom. The molecule has 1 aromatic rings. The molecule has 0 aromatic heterocycles. The maximum atomic E-state index is 12.2. The minimum Gasteiger partial charge on any atom is -0.396 e. The molecule has 1 unspecified atom stereocenters. The average molecular weight is 293 g/mol. The van der Waals surface area contributed by atoms with Crippen molar-refractivity contribution in [3.8, 4) is 0 Å². The number of hydrogen-bond acceptors (Lipinski definition) is 4. The summed E-state index contributed by atoms with van der Waals surface area (Å²) in [4.78, 5) is 24.1. The molecule has 0 spiro atoms. The molecule has 1 saturated heterocycles. The van der Waals surface area contributed by atoms with Gasteiger partial charge in [-0.15, -0.1) is 0 Å². The number of nitrogens with zero attached hydrogens (tertiary/aromatic N) is 2. The number of anilines is 1. The average Bonchev–Trinajstić information content (AvgIpc) is 2.94.